The molecule has 1 aromatic heterocycles. The molecule has 0 spiro atoms. The van der Waals surface area contributed by atoms with Crippen LogP contribution in [0.15, 0.2) is 194 Å². The fourth-order valence-corrected chi connectivity index (χ4v) is 17.5. The number of fused-ring (bicyclic) bond motifs is 10. The van der Waals surface area contributed by atoms with Crippen LogP contribution in [0.25, 0.3) is 38.6 Å². The molecule has 8 aromatic carbocycles. The zero-order chi connectivity index (χ0) is 41.8. The molecule has 9 aromatic rings. The van der Waals surface area contributed by atoms with Crippen molar-refractivity contribution >= 4 is 62.0 Å². The predicted octanol–water partition coefficient (Wildman–Crippen LogP) is 12.1. The number of anilines is 2. The molecule has 2 nitrogen and oxygen atoms in total. The molecule has 1 saturated carbocycles. The van der Waals surface area contributed by atoms with Crippen LogP contribution < -0.4 is 25.6 Å². The molecule has 3 heteroatoms. The van der Waals surface area contributed by atoms with Crippen molar-refractivity contribution in [3.05, 3.63) is 211 Å². The minimum atomic E-state index is -2.88. The Hall–Kier alpha value is -6.42. The molecule has 12 rings (SSSR count). The first kappa shape index (κ1) is 37.3. The standard InChI is InChI=1S/C59H52N2Si/c1-40-19-17-32-55-59(40,4)57-54(38-37-50-47-26-11-14-29-51(47)58(2,3)56(50)57)61(55)42-20-18-25-46(39-42)62(43-21-7-5-8-22-43,44-23-9-6-10-24-44)45-35-33-41(34-36-45)60-52-30-15-12-27-48(52)49-28-13-16-31-53(49)60/h5-16,18,20-31,33-40,55H,17,19,32H2,1-4H3. The van der Waals surface area contributed by atoms with E-state index >= 15 is 0 Å². The van der Waals surface area contributed by atoms with Crippen molar-refractivity contribution in [3.8, 4) is 16.8 Å². The second-order valence-corrected chi connectivity index (χ2v) is 22.8. The Balaban J connectivity index is 1.08. The van der Waals surface area contributed by atoms with Crippen molar-refractivity contribution in [3.63, 3.8) is 0 Å². The number of rotatable bonds is 6. The van der Waals surface area contributed by atoms with Crippen molar-refractivity contribution < 1.29 is 0 Å². The van der Waals surface area contributed by atoms with Gasteiger partial charge in [-0.2, -0.15) is 0 Å². The van der Waals surface area contributed by atoms with E-state index < -0.39 is 8.07 Å². The van der Waals surface area contributed by atoms with Crippen LogP contribution >= 0.6 is 0 Å². The smallest absolute Gasteiger partial charge is 0.179 e. The fraction of sp³-hybridized carbons (Fsp3) is 0.186. The first-order valence-corrected chi connectivity index (χ1v) is 24.7. The molecule has 3 atom stereocenters. The van der Waals surface area contributed by atoms with Crippen molar-refractivity contribution in [2.24, 2.45) is 5.92 Å². The molecule has 1 aliphatic heterocycles. The maximum atomic E-state index is 2.80. The van der Waals surface area contributed by atoms with Gasteiger partial charge >= 0.3 is 0 Å². The first-order chi connectivity index (χ1) is 30.3. The van der Waals surface area contributed by atoms with E-state index in [1.807, 2.05) is 0 Å². The molecule has 302 valence electrons. The average Bonchev–Trinajstić information content (AvgIpc) is 3.89. The molecule has 3 unspecified atom stereocenters. The van der Waals surface area contributed by atoms with Crippen molar-refractivity contribution in [2.75, 3.05) is 4.90 Å². The van der Waals surface area contributed by atoms with Crippen molar-refractivity contribution in [2.45, 2.75) is 63.8 Å². The molecule has 2 aliphatic carbocycles. The molecule has 0 amide bonds. The SMILES string of the molecule is CC1CCCC2N(c3cccc([Si](c4ccccc4)(c4ccccc4)c4ccc(-n5c6ccccc6c6ccccc65)cc4)c3)c3ccc4c(c3C12C)C(C)(C)c1ccccc1-4. The number of hydrogen-bond donors (Lipinski definition) is 0. The number of benzene rings is 8. The van der Waals surface area contributed by atoms with Gasteiger partial charge in [-0.05, 0) is 110 Å². The molecule has 2 heterocycles. The van der Waals surface area contributed by atoms with Gasteiger partial charge in [0.25, 0.3) is 0 Å². The van der Waals surface area contributed by atoms with E-state index in [1.54, 1.807) is 11.1 Å². The van der Waals surface area contributed by atoms with Crippen LogP contribution in [-0.4, -0.2) is 18.7 Å². The third kappa shape index (κ3) is 5.03. The van der Waals surface area contributed by atoms with Gasteiger partial charge in [0.2, 0.25) is 0 Å². The monoisotopic (exact) mass is 816 g/mol. The van der Waals surface area contributed by atoms with E-state index in [1.165, 1.54) is 95.6 Å². The summed E-state index contributed by atoms with van der Waals surface area (Å²) in [6.07, 6.45) is 3.70. The van der Waals surface area contributed by atoms with Gasteiger partial charge < -0.3 is 9.47 Å². The third-order valence-corrected chi connectivity index (χ3v) is 20.5. The van der Waals surface area contributed by atoms with Gasteiger partial charge in [-0.15, -0.1) is 0 Å². The summed E-state index contributed by atoms with van der Waals surface area (Å²) in [5.41, 5.74) is 13.7. The van der Waals surface area contributed by atoms with E-state index in [2.05, 4.69) is 231 Å². The zero-order valence-electron chi connectivity index (χ0n) is 36.1. The molecule has 0 saturated heterocycles. The third-order valence-electron chi connectivity index (χ3n) is 15.7. The van der Waals surface area contributed by atoms with Crippen LogP contribution in [0.4, 0.5) is 11.4 Å². The van der Waals surface area contributed by atoms with Crippen LogP contribution in [0.2, 0.25) is 0 Å². The molecule has 3 aliphatic rings. The molecule has 0 N–H and O–H groups in total. The Morgan fingerprint density at radius 2 is 1.06 bits per heavy atom. The summed E-state index contributed by atoms with van der Waals surface area (Å²) in [6.45, 7) is 10.1. The highest BCUT2D eigenvalue weighted by atomic mass is 28.3. The van der Waals surface area contributed by atoms with Gasteiger partial charge in [-0.3, -0.25) is 0 Å². The number of aromatic nitrogens is 1. The summed E-state index contributed by atoms with van der Waals surface area (Å²) in [5.74, 6) is 0.564. The van der Waals surface area contributed by atoms with Crippen molar-refractivity contribution in [1.29, 1.82) is 0 Å². The lowest BCUT2D eigenvalue weighted by Gasteiger charge is -2.46. The Kier molecular flexibility index (Phi) is 8.31. The number of nitrogens with zero attached hydrogens (tertiary/aromatic N) is 2. The minimum absolute atomic E-state index is 0.0181. The summed E-state index contributed by atoms with van der Waals surface area (Å²) in [4.78, 5) is 2.80. The maximum absolute atomic E-state index is 2.88. The van der Waals surface area contributed by atoms with Crippen LogP contribution in [0.3, 0.4) is 0 Å². The quantitative estimate of drug-likeness (QED) is 0.120. The topological polar surface area (TPSA) is 8.17 Å². The Morgan fingerprint density at radius 3 is 1.74 bits per heavy atom. The van der Waals surface area contributed by atoms with E-state index in [9.17, 15) is 0 Å². The predicted molar refractivity (Wildman–Crippen MR) is 265 cm³/mol. The zero-order valence-corrected chi connectivity index (χ0v) is 37.1. The summed E-state index contributed by atoms with van der Waals surface area (Å²) in [6, 6.07) is 74.4. The number of para-hydroxylation sites is 2. The van der Waals surface area contributed by atoms with Gasteiger partial charge in [0, 0.05) is 44.7 Å². The summed E-state index contributed by atoms with van der Waals surface area (Å²) < 4.78 is 2.44. The average molecular weight is 817 g/mol. The molecular formula is C59H52N2Si. The van der Waals surface area contributed by atoms with E-state index in [-0.39, 0.29) is 10.8 Å². The first-order valence-electron chi connectivity index (χ1n) is 22.7. The van der Waals surface area contributed by atoms with E-state index in [0.717, 1.165) is 0 Å². The summed E-state index contributed by atoms with van der Waals surface area (Å²) in [7, 11) is -2.88. The fourth-order valence-electron chi connectivity index (χ4n) is 12.8. The lowest BCUT2D eigenvalue weighted by molar-refractivity contribution is 0.200. The number of hydrogen-bond acceptors (Lipinski definition) is 1. The molecule has 0 bridgehead atoms. The molecule has 1 fully saturated rings. The van der Waals surface area contributed by atoms with Gasteiger partial charge in [0.15, 0.2) is 8.07 Å². The minimum Gasteiger partial charge on any atom is -0.337 e. The molecular weight excluding hydrogens is 765 g/mol. The van der Waals surface area contributed by atoms with Crippen LogP contribution in [0.1, 0.15) is 63.6 Å². The maximum Gasteiger partial charge on any atom is 0.179 e. The van der Waals surface area contributed by atoms with Gasteiger partial charge in [0.1, 0.15) is 0 Å². The molecule has 0 radical (unpaired) electrons. The Morgan fingerprint density at radius 1 is 0.484 bits per heavy atom. The van der Waals surface area contributed by atoms with Crippen molar-refractivity contribution in [1.82, 2.24) is 4.57 Å². The van der Waals surface area contributed by atoms with Crippen LogP contribution in [0, 0.1) is 5.92 Å². The largest absolute Gasteiger partial charge is 0.337 e. The van der Waals surface area contributed by atoms with Gasteiger partial charge in [-0.1, -0.05) is 186 Å². The second kappa shape index (κ2) is 13.8. The normalized spacial score (nSPS) is 19.9. The Bertz CT molecular complexity index is 3090. The van der Waals surface area contributed by atoms with Crippen LogP contribution in [-0.2, 0) is 10.8 Å². The van der Waals surface area contributed by atoms with E-state index in [4.69, 9.17) is 0 Å². The summed E-state index contributed by atoms with van der Waals surface area (Å²) in [5, 5.41) is 8.14. The Labute approximate surface area is 367 Å². The highest BCUT2D eigenvalue weighted by Gasteiger charge is 2.56. The van der Waals surface area contributed by atoms with E-state index in [0.29, 0.717) is 12.0 Å². The summed E-state index contributed by atoms with van der Waals surface area (Å²) >= 11 is 0. The molecule has 62 heavy (non-hydrogen) atoms. The lowest BCUT2D eigenvalue weighted by atomic mass is 9.60. The highest BCUT2D eigenvalue weighted by molar-refractivity contribution is 7.19. The highest BCUT2D eigenvalue weighted by Crippen LogP contribution is 2.63. The lowest BCUT2D eigenvalue weighted by Crippen LogP contribution is -2.74. The van der Waals surface area contributed by atoms with Crippen LogP contribution in [0.5, 0.6) is 0 Å². The van der Waals surface area contributed by atoms with Gasteiger partial charge in [0.05, 0.1) is 11.0 Å². The second-order valence-electron chi connectivity index (χ2n) is 19.0. The van der Waals surface area contributed by atoms with Gasteiger partial charge in [-0.25, -0.2) is 0 Å².